The molecular weight excluding hydrogens is 262 g/mol. The highest BCUT2D eigenvalue weighted by molar-refractivity contribution is 5.83. The number of urea groups is 1. The van der Waals surface area contributed by atoms with Crippen LogP contribution in [-0.4, -0.2) is 89.3 Å². The van der Waals surface area contributed by atoms with Crippen LogP contribution in [0.4, 0.5) is 4.79 Å². The summed E-state index contributed by atoms with van der Waals surface area (Å²) < 4.78 is 0. The molecule has 1 saturated heterocycles. The number of carboxylic acids is 1. The van der Waals surface area contributed by atoms with Crippen molar-refractivity contribution in [3.63, 3.8) is 0 Å². The number of likely N-dealkylation sites (tertiary alicyclic amines) is 1. The van der Waals surface area contributed by atoms with Crippen LogP contribution in [0, 0.1) is 0 Å². The Morgan fingerprint density at radius 3 is 2.40 bits per heavy atom. The zero-order valence-corrected chi connectivity index (χ0v) is 12.4. The molecular formula is C13H25N3O4. The second-order valence-corrected chi connectivity index (χ2v) is 5.47. The summed E-state index contributed by atoms with van der Waals surface area (Å²) >= 11 is 0. The highest BCUT2D eigenvalue weighted by Crippen LogP contribution is 2.20. The molecule has 1 fully saturated rings. The van der Waals surface area contributed by atoms with E-state index in [1.54, 1.807) is 4.90 Å². The number of β-amino-alcohol motifs (C(OH)–C–C–N with tert-alkyl or cyclic N) is 1. The molecule has 0 aromatic heterocycles. The van der Waals surface area contributed by atoms with Gasteiger partial charge in [0.2, 0.25) is 0 Å². The van der Waals surface area contributed by atoms with Crippen molar-refractivity contribution in [1.29, 1.82) is 0 Å². The van der Waals surface area contributed by atoms with Gasteiger partial charge in [0.1, 0.15) is 6.04 Å². The number of aliphatic hydroxyl groups is 1. The lowest BCUT2D eigenvalue weighted by atomic mass is 10.2. The molecule has 1 rings (SSSR count). The van der Waals surface area contributed by atoms with E-state index in [0.29, 0.717) is 13.1 Å². The number of aliphatic carboxylic acids is 1. The summed E-state index contributed by atoms with van der Waals surface area (Å²) in [7, 11) is 3.85. The van der Waals surface area contributed by atoms with Crippen molar-refractivity contribution in [2.45, 2.75) is 31.9 Å². The Morgan fingerprint density at radius 1 is 1.25 bits per heavy atom. The fourth-order valence-electron chi connectivity index (χ4n) is 2.33. The molecule has 2 N–H and O–H groups in total. The maximum atomic E-state index is 12.5. The summed E-state index contributed by atoms with van der Waals surface area (Å²) in [4.78, 5) is 28.6. The number of carboxylic acid groups (broad SMARTS) is 1. The average molecular weight is 287 g/mol. The molecule has 7 heteroatoms. The Hall–Kier alpha value is -1.34. The molecule has 1 aliphatic heterocycles. The lowest BCUT2D eigenvalue weighted by Gasteiger charge is -2.30. The van der Waals surface area contributed by atoms with Crippen molar-refractivity contribution >= 4 is 12.0 Å². The SMILES string of the molecule is CCCN(CCN(C)C)C(=O)N1CC(O)CC1C(=O)O. The number of likely N-dealkylation sites (N-methyl/N-ethyl adjacent to an activating group) is 1. The van der Waals surface area contributed by atoms with Gasteiger partial charge in [-0.2, -0.15) is 0 Å². The van der Waals surface area contributed by atoms with Gasteiger partial charge < -0.3 is 24.9 Å². The van der Waals surface area contributed by atoms with Gasteiger partial charge in [0.05, 0.1) is 6.10 Å². The van der Waals surface area contributed by atoms with Gasteiger partial charge >= 0.3 is 12.0 Å². The number of hydrogen-bond donors (Lipinski definition) is 2. The topological polar surface area (TPSA) is 84.3 Å². The van der Waals surface area contributed by atoms with Crippen molar-refractivity contribution in [1.82, 2.24) is 14.7 Å². The quantitative estimate of drug-likeness (QED) is 0.712. The molecule has 20 heavy (non-hydrogen) atoms. The first-order valence-electron chi connectivity index (χ1n) is 6.98. The van der Waals surface area contributed by atoms with E-state index in [1.165, 1.54) is 4.90 Å². The third-order valence-corrected chi connectivity index (χ3v) is 3.39. The minimum atomic E-state index is -1.06. The van der Waals surface area contributed by atoms with Gasteiger partial charge in [-0.05, 0) is 20.5 Å². The van der Waals surface area contributed by atoms with Crippen LogP contribution in [0.1, 0.15) is 19.8 Å². The summed E-state index contributed by atoms with van der Waals surface area (Å²) in [6, 6.07) is -1.21. The van der Waals surface area contributed by atoms with E-state index < -0.39 is 18.1 Å². The summed E-state index contributed by atoms with van der Waals surface area (Å²) in [5, 5.41) is 18.8. The zero-order valence-electron chi connectivity index (χ0n) is 12.4. The van der Waals surface area contributed by atoms with Gasteiger partial charge in [0.25, 0.3) is 0 Å². The summed E-state index contributed by atoms with van der Waals surface area (Å²) in [5.74, 6) is -1.06. The predicted molar refractivity (Wildman–Crippen MR) is 74.6 cm³/mol. The van der Waals surface area contributed by atoms with Crippen LogP contribution in [0.2, 0.25) is 0 Å². The van der Waals surface area contributed by atoms with Crippen molar-refractivity contribution in [2.24, 2.45) is 0 Å². The number of aliphatic hydroxyl groups excluding tert-OH is 1. The lowest BCUT2D eigenvalue weighted by Crippen LogP contribution is -2.49. The van der Waals surface area contributed by atoms with Crippen LogP contribution in [-0.2, 0) is 4.79 Å². The van der Waals surface area contributed by atoms with E-state index in [0.717, 1.165) is 13.0 Å². The maximum Gasteiger partial charge on any atom is 0.326 e. The number of carbonyl (C=O) groups is 2. The lowest BCUT2D eigenvalue weighted by molar-refractivity contribution is -0.141. The Balaban J connectivity index is 2.74. The van der Waals surface area contributed by atoms with Crippen molar-refractivity contribution < 1.29 is 19.8 Å². The summed E-state index contributed by atoms with van der Waals surface area (Å²) in [5.41, 5.74) is 0. The molecule has 2 amide bonds. The Morgan fingerprint density at radius 2 is 1.90 bits per heavy atom. The van der Waals surface area contributed by atoms with Crippen LogP contribution in [0.25, 0.3) is 0 Å². The van der Waals surface area contributed by atoms with Crippen LogP contribution in [0.15, 0.2) is 0 Å². The fourth-order valence-corrected chi connectivity index (χ4v) is 2.33. The van der Waals surface area contributed by atoms with Crippen molar-refractivity contribution in [3.8, 4) is 0 Å². The molecule has 0 aliphatic carbocycles. The highest BCUT2D eigenvalue weighted by Gasteiger charge is 2.40. The number of amides is 2. The van der Waals surface area contributed by atoms with Gasteiger partial charge in [-0.25, -0.2) is 9.59 Å². The molecule has 0 aromatic carbocycles. The van der Waals surface area contributed by atoms with E-state index in [9.17, 15) is 14.7 Å². The zero-order chi connectivity index (χ0) is 15.3. The average Bonchev–Trinajstić information content (AvgIpc) is 2.75. The fraction of sp³-hybridized carbons (Fsp3) is 0.846. The monoisotopic (exact) mass is 287 g/mol. The first-order chi connectivity index (χ1) is 9.36. The molecule has 1 aliphatic rings. The number of rotatable bonds is 6. The van der Waals surface area contributed by atoms with Crippen LogP contribution >= 0.6 is 0 Å². The predicted octanol–water partition coefficient (Wildman–Crippen LogP) is -0.100. The molecule has 2 unspecified atom stereocenters. The Labute approximate surface area is 119 Å². The minimum absolute atomic E-state index is 0.0952. The van der Waals surface area contributed by atoms with Crippen LogP contribution < -0.4 is 0 Å². The first-order valence-corrected chi connectivity index (χ1v) is 6.98. The number of carbonyl (C=O) groups excluding carboxylic acids is 1. The van der Waals surface area contributed by atoms with Gasteiger partial charge in [0.15, 0.2) is 0 Å². The van der Waals surface area contributed by atoms with Crippen LogP contribution in [0.5, 0.6) is 0 Å². The van der Waals surface area contributed by atoms with E-state index in [-0.39, 0.29) is 19.0 Å². The third kappa shape index (κ3) is 4.35. The van der Waals surface area contributed by atoms with Crippen LogP contribution in [0.3, 0.4) is 0 Å². The largest absolute Gasteiger partial charge is 0.480 e. The smallest absolute Gasteiger partial charge is 0.326 e. The van der Waals surface area contributed by atoms with Gasteiger partial charge in [0, 0.05) is 32.6 Å². The molecule has 0 aromatic rings. The van der Waals surface area contributed by atoms with E-state index in [2.05, 4.69) is 0 Å². The van der Waals surface area contributed by atoms with E-state index >= 15 is 0 Å². The normalized spacial score (nSPS) is 22.4. The molecule has 7 nitrogen and oxygen atoms in total. The molecule has 116 valence electrons. The second kappa shape index (κ2) is 7.44. The molecule has 0 bridgehead atoms. The molecule has 0 spiro atoms. The maximum absolute atomic E-state index is 12.5. The highest BCUT2D eigenvalue weighted by atomic mass is 16.4. The molecule has 2 atom stereocenters. The van der Waals surface area contributed by atoms with E-state index in [4.69, 9.17) is 5.11 Å². The van der Waals surface area contributed by atoms with Crippen molar-refractivity contribution in [3.05, 3.63) is 0 Å². The second-order valence-electron chi connectivity index (χ2n) is 5.47. The molecule has 1 heterocycles. The third-order valence-electron chi connectivity index (χ3n) is 3.39. The van der Waals surface area contributed by atoms with Gasteiger partial charge in [-0.15, -0.1) is 0 Å². The molecule has 0 radical (unpaired) electrons. The van der Waals surface area contributed by atoms with E-state index in [1.807, 2.05) is 25.9 Å². The minimum Gasteiger partial charge on any atom is -0.480 e. The summed E-state index contributed by atoms with van der Waals surface area (Å²) in [6.07, 6.45) is 0.166. The first kappa shape index (κ1) is 16.7. The Kier molecular flexibility index (Phi) is 6.22. The molecule has 0 saturated carbocycles. The van der Waals surface area contributed by atoms with Crippen molar-refractivity contribution in [2.75, 3.05) is 40.3 Å². The standard InChI is InChI=1S/C13H25N3O4/c1-4-5-15(7-6-14(2)3)13(20)16-9-10(17)8-11(16)12(18)19/h10-11,17H,4-9H2,1-3H3,(H,18,19). The van der Waals surface area contributed by atoms with Gasteiger partial charge in [-0.1, -0.05) is 6.92 Å². The Bertz CT molecular complexity index is 349. The summed E-state index contributed by atoms with van der Waals surface area (Å²) in [6.45, 7) is 3.94. The number of hydrogen-bond acceptors (Lipinski definition) is 4. The van der Waals surface area contributed by atoms with Gasteiger partial charge in [-0.3, -0.25) is 0 Å². The number of nitrogens with zero attached hydrogens (tertiary/aromatic N) is 3.